The molecule has 1 amide bonds. The summed E-state index contributed by atoms with van der Waals surface area (Å²) in [5.74, 6) is -0.150. The van der Waals surface area contributed by atoms with Crippen molar-refractivity contribution in [2.45, 2.75) is 26.0 Å². The van der Waals surface area contributed by atoms with Crippen LogP contribution in [0.25, 0.3) is 0 Å². The number of nitrogens with one attached hydrogen (secondary N) is 1. The van der Waals surface area contributed by atoms with E-state index in [1.807, 2.05) is 42.2 Å². The highest BCUT2D eigenvalue weighted by Crippen LogP contribution is 2.26. The summed E-state index contributed by atoms with van der Waals surface area (Å²) in [6, 6.07) is 14.5. The van der Waals surface area contributed by atoms with Crippen molar-refractivity contribution in [3.8, 4) is 0 Å². The maximum Gasteiger partial charge on any atom is 0.239 e. The number of carbonyl (C=O) groups excluding carboxylic acids is 1. The van der Waals surface area contributed by atoms with Gasteiger partial charge in [-0.3, -0.25) is 4.79 Å². The molecule has 0 radical (unpaired) electrons. The Morgan fingerprint density at radius 1 is 1.16 bits per heavy atom. The normalized spacial score (nSPS) is 13.2. The largest absolute Gasteiger partial charge is 0.392 e. The van der Waals surface area contributed by atoms with Crippen LogP contribution < -0.4 is 10.2 Å². The van der Waals surface area contributed by atoms with Gasteiger partial charge in [0.1, 0.15) is 0 Å². The van der Waals surface area contributed by atoms with Gasteiger partial charge in [-0.2, -0.15) is 0 Å². The van der Waals surface area contributed by atoms with Gasteiger partial charge >= 0.3 is 0 Å². The molecule has 0 fully saturated rings. The zero-order valence-electron chi connectivity index (χ0n) is 14.2. The monoisotopic (exact) mass is 380 g/mol. The van der Waals surface area contributed by atoms with E-state index in [-0.39, 0.29) is 18.5 Å². The fourth-order valence-electron chi connectivity index (χ4n) is 2.61. The Hall–Kier alpha value is -1.75. The van der Waals surface area contributed by atoms with Crippen molar-refractivity contribution >= 4 is 34.8 Å². The van der Waals surface area contributed by atoms with E-state index < -0.39 is 6.10 Å². The Balaban J connectivity index is 2.05. The Bertz CT molecular complexity index is 708. The quantitative estimate of drug-likeness (QED) is 0.761. The third kappa shape index (κ3) is 5.92. The van der Waals surface area contributed by atoms with Crippen molar-refractivity contribution in [3.05, 3.63) is 64.1 Å². The van der Waals surface area contributed by atoms with E-state index in [0.717, 1.165) is 11.3 Å². The number of aliphatic hydroxyl groups is 1. The van der Waals surface area contributed by atoms with Crippen LogP contribution in [0.4, 0.5) is 5.69 Å². The van der Waals surface area contributed by atoms with Crippen LogP contribution in [0.2, 0.25) is 10.0 Å². The number of hydrogen-bond acceptors (Lipinski definition) is 3. The number of rotatable bonds is 7. The summed E-state index contributed by atoms with van der Waals surface area (Å²) in [7, 11) is 0. The van der Waals surface area contributed by atoms with Crippen LogP contribution in [0.1, 0.15) is 25.5 Å². The smallest absolute Gasteiger partial charge is 0.239 e. The van der Waals surface area contributed by atoms with Crippen LogP contribution in [0, 0.1) is 0 Å². The van der Waals surface area contributed by atoms with Gasteiger partial charge in [0, 0.05) is 22.3 Å². The second kappa shape index (κ2) is 9.09. The second-order valence-corrected chi connectivity index (χ2v) is 6.86. The maximum atomic E-state index is 12.5. The summed E-state index contributed by atoms with van der Waals surface area (Å²) >= 11 is 12.1. The van der Waals surface area contributed by atoms with Crippen LogP contribution in [0.3, 0.4) is 0 Å². The molecule has 6 heteroatoms. The summed E-state index contributed by atoms with van der Waals surface area (Å²) in [6.07, 6.45) is -0.545. The van der Waals surface area contributed by atoms with Crippen LogP contribution in [0.15, 0.2) is 48.5 Å². The minimum Gasteiger partial charge on any atom is -0.392 e. The Morgan fingerprint density at radius 2 is 1.84 bits per heavy atom. The van der Waals surface area contributed by atoms with Gasteiger partial charge in [-0.05, 0) is 43.7 Å². The molecule has 2 N–H and O–H groups in total. The molecule has 0 heterocycles. The molecule has 2 rings (SSSR count). The molecular weight excluding hydrogens is 359 g/mol. The van der Waals surface area contributed by atoms with Gasteiger partial charge < -0.3 is 15.3 Å². The van der Waals surface area contributed by atoms with Gasteiger partial charge in [-0.25, -0.2) is 0 Å². The molecule has 0 spiro atoms. The van der Waals surface area contributed by atoms with E-state index in [1.54, 1.807) is 25.1 Å². The van der Waals surface area contributed by atoms with Gasteiger partial charge in [0.25, 0.3) is 0 Å². The number of carbonyl (C=O) groups is 1. The van der Waals surface area contributed by atoms with Gasteiger partial charge in [0.2, 0.25) is 5.91 Å². The molecule has 0 bridgehead atoms. The molecule has 2 aromatic carbocycles. The number of anilines is 1. The number of para-hydroxylation sites is 1. The van der Waals surface area contributed by atoms with Crippen LogP contribution in [0.5, 0.6) is 0 Å². The fourth-order valence-corrected chi connectivity index (χ4v) is 3.18. The number of nitrogens with zero attached hydrogens (tertiary/aromatic N) is 1. The predicted molar refractivity (Wildman–Crippen MR) is 103 cm³/mol. The van der Waals surface area contributed by atoms with Crippen molar-refractivity contribution in [2.75, 3.05) is 18.0 Å². The summed E-state index contributed by atoms with van der Waals surface area (Å²) in [6.45, 7) is 4.08. The summed E-state index contributed by atoms with van der Waals surface area (Å²) in [4.78, 5) is 14.3. The van der Waals surface area contributed by atoms with Crippen LogP contribution in [-0.4, -0.2) is 30.2 Å². The first-order valence-corrected chi connectivity index (χ1v) is 8.84. The van der Waals surface area contributed by atoms with Gasteiger partial charge in [-0.15, -0.1) is 0 Å². The minimum absolute atomic E-state index is 0.143. The number of amides is 1. The maximum absolute atomic E-state index is 12.5. The minimum atomic E-state index is -0.545. The third-order valence-corrected chi connectivity index (χ3v) is 4.31. The first-order valence-electron chi connectivity index (χ1n) is 8.09. The van der Waals surface area contributed by atoms with Crippen LogP contribution in [-0.2, 0) is 4.79 Å². The molecule has 0 aliphatic carbocycles. The van der Waals surface area contributed by atoms with Crippen LogP contribution >= 0.6 is 23.2 Å². The molecule has 0 saturated carbocycles. The zero-order valence-corrected chi connectivity index (χ0v) is 15.8. The molecule has 2 unspecified atom stereocenters. The topological polar surface area (TPSA) is 52.6 Å². The lowest BCUT2D eigenvalue weighted by molar-refractivity contribution is -0.120. The van der Waals surface area contributed by atoms with E-state index in [4.69, 9.17) is 23.2 Å². The van der Waals surface area contributed by atoms with E-state index in [9.17, 15) is 9.90 Å². The van der Waals surface area contributed by atoms with Crippen molar-refractivity contribution < 1.29 is 9.90 Å². The van der Waals surface area contributed by atoms with Crippen molar-refractivity contribution in [2.24, 2.45) is 0 Å². The molecule has 2 atom stereocenters. The van der Waals surface area contributed by atoms with E-state index in [2.05, 4.69) is 5.32 Å². The molecule has 0 aliphatic rings. The summed E-state index contributed by atoms with van der Waals surface area (Å²) in [5.41, 5.74) is 1.69. The average molecular weight is 381 g/mol. The van der Waals surface area contributed by atoms with Crippen molar-refractivity contribution in [1.29, 1.82) is 0 Å². The van der Waals surface area contributed by atoms with Gasteiger partial charge in [0.05, 0.1) is 18.7 Å². The van der Waals surface area contributed by atoms with E-state index >= 15 is 0 Å². The molecular formula is C19H22Cl2N2O2. The molecule has 4 nitrogen and oxygen atoms in total. The van der Waals surface area contributed by atoms with E-state index in [0.29, 0.717) is 16.6 Å². The number of benzene rings is 2. The highest BCUT2D eigenvalue weighted by Gasteiger charge is 2.17. The molecule has 0 aliphatic heterocycles. The van der Waals surface area contributed by atoms with Gasteiger partial charge in [-0.1, -0.05) is 47.5 Å². The fraction of sp³-hybridized carbons (Fsp3) is 0.316. The molecule has 25 heavy (non-hydrogen) atoms. The first kappa shape index (κ1) is 19.6. The third-order valence-electron chi connectivity index (χ3n) is 3.75. The first-order chi connectivity index (χ1) is 11.9. The SMILES string of the molecule is CC(O)CN(CC(=O)NC(C)c1ccc(Cl)cc1Cl)c1ccccc1. The number of aliphatic hydroxyl groups excluding tert-OH is 1. The molecule has 2 aromatic rings. The zero-order chi connectivity index (χ0) is 18.4. The molecule has 134 valence electrons. The molecule has 0 aromatic heterocycles. The number of hydrogen-bond donors (Lipinski definition) is 2. The average Bonchev–Trinajstić information content (AvgIpc) is 2.54. The highest BCUT2D eigenvalue weighted by molar-refractivity contribution is 6.35. The standard InChI is InChI=1S/C19H22Cl2N2O2/c1-13(24)11-23(16-6-4-3-5-7-16)12-19(25)22-14(2)17-9-8-15(20)10-18(17)21/h3-10,13-14,24H,11-12H2,1-2H3,(H,22,25). The highest BCUT2D eigenvalue weighted by atomic mass is 35.5. The Labute approximate surface area is 158 Å². The molecule has 0 saturated heterocycles. The van der Waals surface area contributed by atoms with Gasteiger partial charge in [0.15, 0.2) is 0 Å². The summed E-state index contributed by atoms with van der Waals surface area (Å²) in [5, 5.41) is 13.7. The van der Waals surface area contributed by atoms with E-state index in [1.165, 1.54) is 0 Å². The lowest BCUT2D eigenvalue weighted by Gasteiger charge is -2.26. The van der Waals surface area contributed by atoms with Crippen molar-refractivity contribution in [1.82, 2.24) is 5.32 Å². The summed E-state index contributed by atoms with van der Waals surface area (Å²) < 4.78 is 0. The second-order valence-electron chi connectivity index (χ2n) is 6.02. The lowest BCUT2D eigenvalue weighted by atomic mass is 10.1. The van der Waals surface area contributed by atoms with Crippen molar-refractivity contribution in [3.63, 3.8) is 0 Å². The predicted octanol–water partition coefficient (Wildman–Crippen LogP) is 4.06. The number of halogens is 2. The Kier molecular flexibility index (Phi) is 7.12. The lowest BCUT2D eigenvalue weighted by Crippen LogP contribution is -2.41. The Morgan fingerprint density at radius 3 is 2.44 bits per heavy atom.